The number of rotatable bonds is 6. The monoisotopic (exact) mass is 221 g/mol. The molecule has 0 bridgehead atoms. The van der Waals surface area contributed by atoms with Crippen molar-refractivity contribution in [1.29, 1.82) is 0 Å². The summed E-state index contributed by atoms with van der Waals surface area (Å²) in [5.41, 5.74) is 0.596. The third-order valence-electron chi connectivity index (χ3n) is 1.94. The second-order valence-electron chi connectivity index (χ2n) is 3.14. The molecule has 0 saturated heterocycles. The summed E-state index contributed by atoms with van der Waals surface area (Å²) < 4.78 is 0. The van der Waals surface area contributed by atoms with E-state index in [9.17, 15) is 4.79 Å². The lowest BCUT2D eigenvalue weighted by molar-refractivity contribution is -0.139. The number of unbranched alkanes of at least 4 members (excludes halogenated alkanes) is 4. The van der Waals surface area contributed by atoms with E-state index in [1.54, 1.807) is 6.92 Å². The zero-order valence-corrected chi connectivity index (χ0v) is 9.73. The lowest BCUT2D eigenvalue weighted by Crippen LogP contribution is -2.10. The number of nitrogens with two attached hydrogens (primary N) is 1. The van der Waals surface area contributed by atoms with Gasteiger partial charge in [-0.1, -0.05) is 32.3 Å². The summed E-state index contributed by atoms with van der Waals surface area (Å²) >= 11 is 0. The van der Waals surface area contributed by atoms with Crippen LogP contribution in [-0.2, 0) is 9.63 Å². The Morgan fingerprint density at radius 3 is 2.50 bits per heavy atom. The van der Waals surface area contributed by atoms with Crippen molar-refractivity contribution in [2.24, 2.45) is 5.90 Å². The van der Waals surface area contributed by atoms with E-state index < -0.39 is 5.97 Å². The zero-order valence-electron chi connectivity index (χ0n) is 8.91. The number of carbonyl (C=O) groups excluding carboxylic acids is 1. The number of allylic oxidation sites excluding steroid dienone is 1. The van der Waals surface area contributed by atoms with Gasteiger partial charge in [-0.15, -0.1) is 12.4 Å². The Bertz CT molecular complexity index is 181. The van der Waals surface area contributed by atoms with E-state index >= 15 is 0 Å². The molecule has 2 N–H and O–H groups in total. The van der Waals surface area contributed by atoms with E-state index in [2.05, 4.69) is 11.8 Å². The van der Waals surface area contributed by atoms with Gasteiger partial charge in [-0.25, -0.2) is 4.79 Å². The summed E-state index contributed by atoms with van der Waals surface area (Å²) in [7, 11) is 0. The Hall–Kier alpha value is -0.540. The average molecular weight is 222 g/mol. The van der Waals surface area contributed by atoms with Gasteiger partial charge in [-0.2, -0.15) is 5.90 Å². The maximum Gasteiger partial charge on any atom is 0.351 e. The van der Waals surface area contributed by atoms with Gasteiger partial charge in [0.1, 0.15) is 0 Å². The van der Waals surface area contributed by atoms with Crippen LogP contribution in [0.1, 0.15) is 46.0 Å². The number of halogens is 1. The van der Waals surface area contributed by atoms with Crippen molar-refractivity contribution in [1.82, 2.24) is 0 Å². The molecule has 0 unspecified atom stereocenters. The van der Waals surface area contributed by atoms with Crippen molar-refractivity contribution in [2.45, 2.75) is 46.0 Å². The van der Waals surface area contributed by atoms with E-state index in [1.165, 1.54) is 19.3 Å². The maximum atomic E-state index is 10.8. The molecule has 4 heteroatoms. The summed E-state index contributed by atoms with van der Waals surface area (Å²) in [6, 6.07) is 0. The normalized spacial score (nSPS) is 10.6. The molecule has 0 aromatic rings. The van der Waals surface area contributed by atoms with E-state index in [1.807, 2.05) is 6.08 Å². The maximum absolute atomic E-state index is 10.8. The second kappa shape index (κ2) is 10.5. The highest BCUT2D eigenvalue weighted by molar-refractivity contribution is 5.87. The van der Waals surface area contributed by atoms with E-state index in [0.717, 1.165) is 12.8 Å². The van der Waals surface area contributed by atoms with Gasteiger partial charge in [-0.3, -0.25) is 0 Å². The van der Waals surface area contributed by atoms with Crippen molar-refractivity contribution >= 4 is 18.4 Å². The molecule has 0 fully saturated rings. The van der Waals surface area contributed by atoms with Gasteiger partial charge in [-0.05, 0) is 19.8 Å². The molecule has 0 aromatic heterocycles. The lowest BCUT2D eigenvalue weighted by Gasteiger charge is -1.98. The van der Waals surface area contributed by atoms with Crippen LogP contribution in [0.2, 0.25) is 0 Å². The number of hydrogen-bond acceptors (Lipinski definition) is 3. The van der Waals surface area contributed by atoms with Crippen molar-refractivity contribution in [3.63, 3.8) is 0 Å². The van der Waals surface area contributed by atoms with Gasteiger partial charge in [0.2, 0.25) is 0 Å². The Morgan fingerprint density at radius 1 is 1.36 bits per heavy atom. The molecule has 0 heterocycles. The summed E-state index contributed by atoms with van der Waals surface area (Å²) in [6.45, 7) is 3.89. The van der Waals surface area contributed by atoms with Gasteiger partial charge in [0.25, 0.3) is 0 Å². The summed E-state index contributed by atoms with van der Waals surface area (Å²) in [4.78, 5) is 14.9. The predicted octanol–water partition coefficient (Wildman–Crippen LogP) is 2.74. The number of carbonyl (C=O) groups is 1. The summed E-state index contributed by atoms with van der Waals surface area (Å²) in [5.74, 6) is 4.30. The van der Waals surface area contributed by atoms with E-state index in [-0.39, 0.29) is 12.4 Å². The molecule has 0 aliphatic rings. The van der Waals surface area contributed by atoms with Crippen LogP contribution in [0.25, 0.3) is 0 Å². The quantitative estimate of drug-likeness (QED) is 0.426. The molecule has 3 nitrogen and oxygen atoms in total. The molecule has 0 rings (SSSR count). The van der Waals surface area contributed by atoms with Crippen LogP contribution in [0.4, 0.5) is 0 Å². The summed E-state index contributed by atoms with van der Waals surface area (Å²) in [5, 5.41) is 0. The molecule has 0 aliphatic carbocycles. The Kier molecular flexibility index (Phi) is 12.0. The third-order valence-corrected chi connectivity index (χ3v) is 1.94. The molecule has 84 valence electrons. The van der Waals surface area contributed by atoms with Gasteiger partial charge >= 0.3 is 5.97 Å². The van der Waals surface area contributed by atoms with Gasteiger partial charge in [0.15, 0.2) is 0 Å². The smallest absolute Gasteiger partial charge is 0.351 e. The zero-order chi connectivity index (χ0) is 10.1. The fraction of sp³-hybridized carbons (Fsp3) is 0.700. The minimum atomic E-state index is -0.435. The highest BCUT2D eigenvalue weighted by Crippen LogP contribution is 2.05. The first kappa shape index (κ1) is 15.9. The van der Waals surface area contributed by atoms with Crippen LogP contribution in [0.5, 0.6) is 0 Å². The first-order valence-corrected chi connectivity index (χ1v) is 4.80. The summed E-state index contributed by atoms with van der Waals surface area (Å²) in [6.07, 6.45) is 7.65. The molecule has 0 aromatic carbocycles. The number of hydrogen-bond donors (Lipinski definition) is 1. The fourth-order valence-electron chi connectivity index (χ4n) is 1.07. The Morgan fingerprint density at radius 2 is 2.00 bits per heavy atom. The first-order valence-electron chi connectivity index (χ1n) is 4.80. The minimum Gasteiger partial charge on any atom is -0.370 e. The first-order chi connectivity index (χ1) is 6.22. The van der Waals surface area contributed by atoms with E-state index in [4.69, 9.17) is 5.90 Å². The second-order valence-corrected chi connectivity index (χ2v) is 3.14. The van der Waals surface area contributed by atoms with Crippen molar-refractivity contribution in [3.05, 3.63) is 11.6 Å². The standard InChI is InChI=1S/C10H19NO2.ClH/c1-3-4-5-6-7-8-9(2)10(12)13-11;/h8H,3-7,11H2,1-2H3;1H. The average Bonchev–Trinajstić information content (AvgIpc) is 2.16. The molecule has 0 spiro atoms. The minimum absolute atomic E-state index is 0. The van der Waals surface area contributed by atoms with Gasteiger partial charge in [0.05, 0.1) is 0 Å². The predicted molar refractivity (Wildman–Crippen MR) is 60.0 cm³/mol. The van der Waals surface area contributed by atoms with Crippen LogP contribution in [0.15, 0.2) is 11.6 Å². The SMILES string of the molecule is CCCCCCC=C(C)C(=O)ON.Cl. The van der Waals surface area contributed by atoms with Crippen LogP contribution >= 0.6 is 12.4 Å². The largest absolute Gasteiger partial charge is 0.370 e. The highest BCUT2D eigenvalue weighted by Gasteiger charge is 2.01. The molecular formula is C10H20ClNO2. The van der Waals surface area contributed by atoms with Gasteiger partial charge in [0, 0.05) is 5.57 Å². The fourth-order valence-corrected chi connectivity index (χ4v) is 1.07. The molecule has 0 amide bonds. The molecule has 0 saturated carbocycles. The van der Waals surface area contributed by atoms with E-state index in [0.29, 0.717) is 5.57 Å². The topological polar surface area (TPSA) is 52.3 Å². The molecule has 0 radical (unpaired) electrons. The van der Waals surface area contributed by atoms with Crippen molar-refractivity contribution in [3.8, 4) is 0 Å². The molecular weight excluding hydrogens is 202 g/mol. The van der Waals surface area contributed by atoms with Crippen LogP contribution < -0.4 is 5.90 Å². The highest BCUT2D eigenvalue weighted by atomic mass is 35.5. The van der Waals surface area contributed by atoms with Crippen LogP contribution in [0.3, 0.4) is 0 Å². The molecule has 0 atom stereocenters. The lowest BCUT2D eigenvalue weighted by atomic mass is 10.1. The molecule has 14 heavy (non-hydrogen) atoms. The Balaban J connectivity index is 0. The third kappa shape index (κ3) is 8.08. The van der Waals surface area contributed by atoms with Crippen molar-refractivity contribution in [2.75, 3.05) is 0 Å². The van der Waals surface area contributed by atoms with Crippen LogP contribution in [0, 0.1) is 0 Å². The van der Waals surface area contributed by atoms with Crippen LogP contribution in [-0.4, -0.2) is 5.97 Å². The Labute approximate surface area is 92.1 Å². The molecule has 0 aliphatic heterocycles. The van der Waals surface area contributed by atoms with Gasteiger partial charge < -0.3 is 4.84 Å². The van der Waals surface area contributed by atoms with Crippen molar-refractivity contribution < 1.29 is 9.63 Å².